The monoisotopic (exact) mass is 340 g/mol. The molecule has 0 spiro atoms. The summed E-state index contributed by atoms with van der Waals surface area (Å²) in [6.45, 7) is 2.60. The Labute approximate surface area is 137 Å². The second kappa shape index (κ2) is 8.12. The van der Waals surface area contributed by atoms with E-state index >= 15 is 0 Å². The Balaban J connectivity index is 1.94. The Morgan fingerprint density at radius 2 is 2.14 bits per heavy atom. The van der Waals surface area contributed by atoms with Crippen molar-refractivity contribution in [1.29, 1.82) is 0 Å². The normalized spacial score (nSPS) is 10.5. The highest BCUT2D eigenvalue weighted by atomic mass is 35.5. The number of carbonyl (C=O) groups excluding carboxylic acids is 1. The molecule has 0 radical (unpaired) electrons. The van der Waals surface area contributed by atoms with Crippen LogP contribution in [0.25, 0.3) is 0 Å². The minimum atomic E-state index is -0.166. The fourth-order valence-electron chi connectivity index (χ4n) is 1.76. The van der Waals surface area contributed by atoms with Gasteiger partial charge in [0.2, 0.25) is 0 Å². The van der Waals surface area contributed by atoms with Crippen molar-refractivity contribution < 1.29 is 14.6 Å². The number of carbonyl (C=O) groups is 1. The molecule has 0 fully saturated rings. The smallest absolute Gasteiger partial charge is 0.263 e. The van der Waals surface area contributed by atoms with E-state index in [0.717, 1.165) is 5.01 Å². The van der Waals surface area contributed by atoms with E-state index < -0.39 is 0 Å². The Morgan fingerprint density at radius 1 is 1.41 bits per heavy atom. The molecule has 0 aliphatic carbocycles. The molecule has 1 aromatic carbocycles. The van der Waals surface area contributed by atoms with Crippen LogP contribution in [0.1, 0.15) is 26.8 Å². The van der Waals surface area contributed by atoms with E-state index in [1.807, 2.05) is 0 Å². The van der Waals surface area contributed by atoms with Gasteiger partial charge in [0.25, 0.3) is 5.91 Å². The second-order valence-corrected chi connectivity index (χ2v) is 6.12. The van der Waals surface area contributed by atoms with Gasteiger partial charge in [-0.05, 0) is 37.6 Å². The Hall–Kier alpha value is -1.63. The minimum absolute atomic E-state index is 0.0577. The molecule has 2 rings (SSSR count). The Bertz CT molecular complexity index is 628. The van der Waals surface area contributed by atoms with Crippen molar-refractivity contribution >= 4 is 28.8 Å². The van der Waals surface area contributed by atoms with Crippen molar-refractivity contribution in [1.82, 2.24) is 10.3 Å². The van der Waals surface area contributed by atoms with Crippen LogP contribution >= 0.6 is 22.9 Å². The number of hydrogen-bond acceptors (Lipinski definition) is 5. The molecule has 2 N–H and O–H groups in total. The zero-order valence-electron chi connectivity index (χ0n) is 12.1. The molecule has 0 aliphatic heterocycles. The van der Waals surface area contributed by atoms with E-state index in [1.165, 1.54) is 11.3 Å². The van der Waals surface area contributed by atoms with Gasteiger partial charge in [-0.25, -0.2) is 4.98 Å². The number of thiazole rings is 1. The standard InChI is InChI=1S/C15H17ClN2O3S/c1-10-14(15(20)17-7-2-8-19)22-13(18-10)9-21-12-5-3-11(16)4-6-12/h3-6,19H,2,7-9H2,1H3,(H,17,20). The third kappa shape index (κ3) is 4.69. The van der Waals surface area contributed by atoms with Gasteiger partial charge in [-0.1, -0.05) is 11.6 Å². The third-order valence-electron chi connectivity index (χ3n) is 2.84. The van der Waals surface area contributed by atoms with Crippen molar-refractivity contribution in [3.05, 3.63) is 44.9 Å². The van der Waals surface area contributed by atoms with E-state index in [2.05, 4.69) is 10.3 Å². The predicted molar refractivity (Wildman–Crippen MR) is 86.7 cm³/mol. The molecule has 5 nitrogen and oxygen atoms in total. The van der Waals surface area contributed by atoms with Crippen LogP contribution < -0.4 is 10.1 Å². The van der Waals surface area contributed by atoms with Gasteiger partial charge in [0.1, 0.15) is 22.2 Å². The lowest BCUT2D eigenvalue weighted by Gasteiger charge is -2.03. The lowest BCUT2D eigenvalue weighted by atomic mass is 10.3. The number of aryl methyl sites for hydroxylation is 1. The second-order valence-electron chi connectivity index (χ2n) is 4.60. The van der Waals surface area contributed by atoms with Gasteiger partial charge in [0, 0.05) is 18.2 Å². The first-order valence-electron chi connectivity index (χ1n) is 6.84. The number of ether oxygens (including phenoxy) is 1. The maximum absolute atomic E-state index is 12.0. The fourth-order valence-corrected chi connectivity index (χ4v) is 2.78. The number of nitrogens with one attached hydrogen (secondary N) is 1. The fraction of sp³-hybridized carbons (Fsp3) is 0.333. The molecule has 1 aromatic heterocycles. The van der Waals surface area contributed by atoms with E-state index in [0.29, 0.717) is 40.9 Å². The van der Waals surface area contributed by atoms with Gasteiger partial charge in [-0.2, -0.15) is 0 Å². The van der Waals surface area contributed by atoms with Crippen LogP contribution in [0.3, 0.4) is 0 Å². The van der Waals surface area contributed by atoms with Crippen LogP contribution in [0.5, 0.6) is 5.75 Å². The number of aromatic nitrogens is 1. The average molecular weight is 341 g/mol. The number of benzene rings is 1. The highest BCUT2D eigenvalue weighted by Gasteiger charge is 2.15. The van der Waals surface area contributed by atoms with E-state index in [1.54, 1.807) is 31.2 Å². The molecule has 1 heterocycles. The molecule has 1 amide bonds. The summed E-state index contributed by atoms with van der Waals surface area (Å²) >= 11 is 7.13. The van der Waals surface area contributed by atoms with Crippen molar-refractivity contribution in [3.8, 4) is 5.75 Å². The predicted octanol–water partition coefficient (Wildman–Crippen LogP) is 2.80. The Morgan fingerprint density at radius 3 is 2.82 bits per heavy atom. The van der Waals surface area contributed by atoms with Crippen molar-refractivity contribution in [2.24, 2.45) is 0 Å². The van der Waals surface area contributed by atoms with Crippen LogP contribution in [0, 0.1) is 6.92 Å². The molecule has 0 unspecified atom stereocenters. The first-order valence-corrected chi connectivity index (χ1v) is 8.03. The van der Waals surface area contributed by atoms with E-state index in [-0.39, 0.29) is 12.5 Å². The summed E-state index contributed by atoms with van der Waals surface area (Å²) in [6, 6.07) is 7.07. The van der Waals surface area contributed by atoms with Gasteiger partial charge >= 0.3 is 0 Å². The zero-order chi connectivity index (χ0) is 15.9. The molecule has 7 heteroatoms. The molecule has 0 aliphatic rings. The SMILES string of the molecule is Cc1nc(COc2ccc(Cl)cc2)sc1C(=O)NCCCO. The van der Waals surface area contributed by atoms with Crippen LogP contribution in [0.15, 0.2) is 24.3 Å². The van der Waals surface area contributed by atoms with Gasteiger partial charge in [0.05, 0.1) is 5.69 Å². The molecule has 0 atom stereocenters. The van der Waals surface area contributed by atoms with Crippen LogP contribution in [-0.2, 0) is 6.61 Å². The maximum Gasteiger partial charge on any atom is 0.263 e. The van der Waals surface area contributed by atoms with Crippen molar-refractivity contribution in [3.63, 3.8) is 0 Å². The molecule has 118 valence electrons. The summed E-state index contributed by atoms with van der Waals surface area (Å²) in [7, 11) is 0. The van der Waals surface area contributed by atoms with Gasteiger partial charge in [-0.15, -0.1) is 11.3 Å². The number of hydrogen-bond donors (Lipinski definition) is 2. The number of aliphatic hydroxyl groups is 1. The number of nitrogens with zero attached hydrogens (tertiary/aromatic N) is 1. The van der Waals surface area contributed by atoms with Gasteiger partial charge < -0.3 is 15.2 Å². The summed E-state index contributed by atoms with van der Waals surface area (Å²) in [5.74, 6) is 0.535. The molecule has 0 bridgehead atoms. The highest BCUT2D eigenvalue weighted by molar-refractivity contribution is 7.13. The third-order valence-corrected chi connectivity index (χ3v) is 4.23. The van der Waals surface area contributed by atoms with Crippen LogP contribution in [-0.4, -0.2) is 29.1 Å². The largest absolute Gasteiger partial charge is 0.486 e. The molecule has 22 heavy (non-hydrogen) atoms. The highest BCUT2D eigenvalue weighted by Crippen LogP contribution is 2.21. The van der Waals surface area contributed by atoms with Crippen molar-refractivity contribution in [2.75, 3.05) is 13.2 Å². The van der Waals surface area contributed by atoms with Crippen LogP contribution in [0.2, 0.25) is 5.02 Å². The summed E-state index contributed by atoms with van der Waals surface area (Å²) < 4.78 is 5.62. The molecule has 0 saturated carbocycles. The molecule has 0 saturated heterocycles. The summed E-state index contributed by atoms with van der Waals surface area (Å²) in [4.78, 5) is 16.9. The minimum Gasteiger partial charge on any atom is -0.486 e. The summed E-state index contributed by atoms with van der Waals surface area (Å²) in [5, 5.41) is 12.9. The quantitative estimate of drug-likeness (QED) is 0.760. The average Bonchev–Trinajstić information content (AvgIpc) is 2.88. The zero-order valence-corrected chi connectivity index (χ0v) is 13.7. The molecular formula is C15H17ClN2O3S. The summed E-state index contributed by atoms with van der Waals surface area (Å²) in [6.07, 6.45) is 0.538. The first kappa shape index (κ1) is 16.7. The number of aliphatic hydroxyl groups excluding tert-OH is 1. The lowest BCUT2D eigenvalue weighted by Crippen LogP contribution is -2.24. The van der Waals surface area contributed by atoms with Gasteiger partial charge in [-0.3, -0.25) is 4.79 Å². The molecular weight excluding hydrogens is 324 g/mol. The topological polar surface area (TPSA) is 71.5 Å². The van der Waals surface area contributed by atoms with Gasteiger partial charge in [0.15, 0.2) is 0 Å². The van der Waals surface area contributed by atoms with E-state index in [9.17, 15) is 4.79 Å². The first-order chi connectivity index (χ1) is 10.6. The maximum atomic E-state index is 12.0. The molecule has 2 aromatic rings. The number of rotatable bonds is 7. The number of halogens is 1. The number of amides is 1. The Kier molecular flexibility index (Phi) is 6.18. The lowest BCUT2D eigenvalue weighted by molar-refractivity contribution is 0.0954. The van der Waals surface area contributed by atoms with Crippen molar-refractivity contribution in [2.45, 2.75) is 20.0 Å². The van der Waals surface area contributed by atoms with Crippen LogP contribution in [0.4, 0.5) is 0 Å². The summed E-state index contributed by atoms with van der Waals surface area (Å²) in [5.41, 5.74) is 0.682. The van der Waals surface area contributed by atoms with E-state index in [4.69, 9.17) is 21.4 Å².